The highest BCUT2D eigenvalue weighted by atomic mass is 32.1. The van der Waals surface area contributed by atoms with Gasteiger partial charge >= 0.3 is 0 Å². The fraction of sp³-hybridized carbons (Fsp3) is 0.312. The van der Waals surface area contributed by atoms with Gasteiger partial charge in [0, 0.05) is 11.9 Å². The van der Waals surface area contributed by atoms with E-state index in [4.69, 9.17) is 17.0 Å². The lowest BCUT2D eigenvalue weighted by atomic mass is 9.94. The summed E-state index contributed by atoms with van der Waals surface area (Å²) >= 11 is 5.42. The topological polar surface area (TPSA) is 35.0 Å². The number of ether oxygens (including phenoxy) is 1. The Bertz CT molecular complexity index is 531. The first-order valence-electron chi connectivity index (χ1n) is 6.77. The number of benzene rings is 1. The Morgan fingerprint density at radius 1 is 1.25 bits per heavy atom. The fourth-order valence-corrected chi connectivity index (χ4v) is 2.48. The van der Waals surface area contributed by atoms with Crippen LogP contribution in [0.2, 0.25) is 0 Å². The molecule has 1 unspecified atom stereocenters. The minimum Gasteiger partial charge on any atom is -0.487 e. The van der Waals surface area contributed by atoms with Crippen LogP contribution >= 0.6 is 12.2 Å². The summed E-state index contributed by atoms with van der Waals surface area (Å²) in [6.45, 7) is 2.56. The van der Waals surface area contributed by atoms with E-state index < -0.39 is 0 Å². The second-order valence-corrected chi connectivity index (χ2v) is 4.86. The molecule has 104 valence electrons. The predicted octanol–water partition coefficient (Wildman–Crippen LogP) is 3.56. The monoisotopic (exact) mass is 286 g/mol. The molecule has 1 heterocycles. The van der Waals surface area contributed by atoms with Crippen LogP contribution in [-0.4, -0.2) is 21.6 Å². The number of thiocarbonyl (C=S) groups is 1. The quantitative estimate of drug-likeness (QED) is 0.761. The second-order valence-electron chi connectivity index (χ2n) is 4.45. The number of rotatable bonds is 6. The number of aryl methyl sites for hydroxylation is 1. The van der Waals surface area contributed by atoms with E-state index in [0.29, 0.717) is 11.7 Å². The molecule has 0 amide bonds. The van der Waals surface area contributed by atoms with Gasteiger partial charge in [-0.3, -0.25) is 0 Å². The zero-order chi connectivity index (χ0) is 14.2. The summed E-state index contributed by atoms with van der Waals surface area (Å²) in [6.07, 6.45) is 5.09. The SMILES string of the molecule is CCOC(=S)C(CCc1ccncn1)c1ccccc1. The van der Waals surface area contributed by atoms with Crippen molar-refractivity contribution in [3.05, 3.63) is 60.2 Å². The van der Waals surface area contributed by atoms with Crippen LogP contribution in [0.3, 0.4) is 0 Å². The highest BCUT2D eigenvalue weighted by molar-refractivity contribution is 7.80. The number of nitrogens with zero attached hydrogens (tertiary/aromatic N) is 2. The Morgan fingerprint density at radius 3 is 2.70 bits per heavy atom. The molecule has 3 nitrogen and oxygen atoms in total. The molecule has 0 saturated carbocycles. The molecule has 1 aromatic carbocycles. The summed E-state index contributed by atoms with van der Waals surface area (Å²) in [4.78, 5) is 8.19. The van der Waals surface area contributed by atoms with Crippen LogP contribution in [0.4, 0.5) is 0 Å². The summed E-state index contributed by atoms with van der Waals surface area (Å²) < 4.78 is 5.55. The van der Waals surface area contributed by atoms with Crippen molar-refractivity contribution in [1.29, 1.82) is 0 Å². The summed E-state index contributed by atoms with van der Waals surface area (Å²) in [5.74, 6) is 0.126. The van der Waals surface area contributed by atoms with Gasteiger partial charge in [0.2, 0.25) is 0 Å². The van der Waals surface area contributed by atoms with E-state index in [9.17, 15) is 0 Å². The molecule has 0 spiro atoms. The van der Waals surface area contributed by atoms with Crippen LogP contribution in [-0.2, 0) is 11.2 Å². The summed E-state index contributed by atoms with van der Waals surface area (Å²) in [7, 11) is 0. The zero-order valence-electron chi connectivity index (χ0n) is 11.5. The van der Waals surface area contributed by atoms with Gasteiger partial charge < -0.3 is 4.74 Å². The maximum Gasteiger partial charge on any atom is 0.167 e. The van der Waals surface area contributed by atoms with E-state index in [1.165, 1.54) is 5.56 Å². The third kappa shape index (κ3) is 4.10. The molecular weight excluding hydrogens is 268 g/mol. The van der Waals surface area contributed by atoms with Gasteiger partial charge in [-0.15, -0.1) is 0 Å². The van der Waals surface area contributed by atoms with Crippen LogP contribution < -0.4 is 0 Å². The van der Waals surface area contributed by atoms with Crippen molar-refractivity contribution >= 4 is 17.3 Å². The number of aromatic nitrogens is 2. The molecule has 2 aromatic rings. The first-order valence-corrected chi connectivity index (χ1v) is 7.18. The molecule has 0 radical (unpaired) electrons. The van der Waals surface area contributed by atoms with Crippen molar-refractivity contribution in [1.82, 2.24) is 9.97 Å². The summed E-state index contributed by atoms with van der Waals surface area (Å²) in [5.41, 5.74) is 2.22. The van der Waals surface area contributed by atoms with E-state index in [2.05, 4.69) is 22.1 Å². The van der Waals surface area contributed by atoms with E-state index in [1.54, 1.807) is 12.5 Å². The molecule has 0 fully saturated rings. The highest BCUT2D eigenvalue weighted by Crippen LogP contribution is 2.24. The van der Waals surface area contributed by atoms with E-state index in [1.807, 2.05) is 31.2 Å². The van der Waals surface area contributed by atoms with Crippen LogP contribution in [0.5, 0.6) is 0 Å². The minimum atomic E-state index is 0.126. The Morgan fingerprint density at radius 2 is 2.05 bits per heavy atom. The standard InChI is InChI=1S/C16H18N2OS/c1-2-19-16(20)15(13-6-4-3-5-7-13)9-8-14-10-11-17-12-18-14/h3-7,10-12,15H,2,8-9H2,1H3. The van der Waals surface area contributed by atoms with Gasteiger partial charge in [0.1, 0.15) is 6.33 Å². The Kier molecular flexibility index (Phi) is 5.62. The second kappa shape index (κ2) is 7.70. The molecule has 0 aliphatic rings. The van der Waals surface area contributed by atoms with Crippen molar-refractivity contribution in [2.45, 2.75) is 25.7 Å². The third-order valence-corrected chi connectivity index (χ3v) is 3.51. The van der Waals surface area contributed by atoms with Gasteiger partial charge in [-0.25, -0.2) is 9.97 Å². The van der Waals surface area contributed by atoms with Crippen molar-refractivity contribution in [3.63, 3.8) is 0 Å². The molecule has 0 bridgehead atoms. The van der Waals surface area contributed by atoms with Crippen LogP contribution in [0.25, 0.3) is 0 Å². The molecule has 0 saturated heterocycles. The summed E-state index contributed by atoms with van der Waals surface area (Å²) in [6, 6.07) is 12.2. The van der Waals surface area contributed by atoms with E-state index >= 15 is 0 Å². The van der Waals surface area contributed by atoms with Gasteiger partial charge in [0.15, 0.2) is 5.05 Å². The first kappa shape index (κ1) is 14.6. The smallest absolute Gasteiger partial charge is 0.167 e. The average molecular weight is 286 g/mol. The van der Waals surface area contributed by atoms with Crippen molar-refractivity contribution < 1.29 is 4.74 Å². The Labute approximate surface area is 125 Å². The Balaban J connectivity index is 2.09. The number of hydrogen-bond donors (Lipinski definition) is 0. The van der Waals surface area contributed by atoms with E-state index in [0.717, 1.165) is 18.5 Å². The molecule has 0 aliphatic carbocycles. The van der Waals surface area contributed by atoms with Crippen LogP contribution in [0.15, 0.2) is 48.9 Å². The number of hydrogen-bond acceptors (Lipinski definition) is 4. The predicted molar refractivity (Wildman–Crippen MR) is 83.8 cm³/mol. The average Bonchev–Trinajstić information content (AvgIpc) is 2.50. The van der Waals surface area contributed by atoms with Crippen LogP contribution in [0.1, 0.15) is 30.5 Å². The van der Waals surface area contributed by atoms with Gasteiger partial charge in [0.25, 0.3) is 0 Å². The van der Waals surface area contributed by atoms with Gasteiger partial charge in [-0.2, -0.15) is 0 Å². The van der Waals surface area contributed by atoms with Crippen molar-refractivity contribution in [3.8, 4) is 0 Å². The van der Waals surface area contributed by atoms with Gasteiger partial charge in [-0.1, -0.05) is 30.3 Å². The molecule has 20 heavy (non-hydrogen) atoms. The lowest BCUT2D eigenvalue weighted by Gasteiger charge is -2.18. The molecular formula is C16H18N2OS. The highest BCUT2D eigenvalue weighted by Gasteiger charge is 2.18. The van der Waals surface area contributed by atoms with Crippen LogP contribution in [0, 0.1) is 0 Å². The molecule has 4 heteroatoms. The molecule has 1 atom stereocenters. The Hall–Kier alpha value is -1.81. The van der Waals surface area contributed by atoms with Gasteiger partial charge in [-0.05, 0) is 43.6 Å². The lowest BCUT2D eigenvalue weighted by molar-refractivity contribution is 0.319. The maximum absolute atomic E-state index is 5.55. The third-order valence-electron chi connectivity index (χ3n) is 3.11. The fourth-order valence-electron chi connectivity index (χ4n) is 2.11. The minimum absolute atomic E-state index is 0.126. The molecule has 0 N–H and O–H groups in total. The van der Waals surface area contributed by atoms with Crippen molar-refractivity contribution in [2.75, 3.05) is 6.61 Å². The van der Waals surface area contributed by atoms with Gasteiger partial charge in [0.05, 0.1) is 12.5 Å². The lowest BCUT2D eigenvalue weighted by Crippen LogP contribution is -2.15. The van der Waals surface area contributed by atoms with Crippen molar-refractivity contribution in [2.24, 2.45) is 0 Å². The summed E-state index contributed by atoms with van der Waals surface area (Å²) in [5, 5.41) is 0.660. The molecule has 0 aliphatic heterocycles. The molecule has 1 aromatic heterocycles. The normalized spacial score (nSPS) is 11.8. The van der Waals surface area contributed by atoms with E-state index in [-0.39, 0.29) is 5.92 Å². The first-order chi connectivity index (χ1) is 9.81. The molecule has 2 rings (SSSR count). The maximum atomic E-state index is 5.55. The zero-order valence-corrected chi connectivity index (χ0v) is 12.3. The largest absolute Gasteiger partial charge is 0.487 e.